The lowest BCUT2D eigenvalue weighted by atomic mass is 10.0. The standard InChI is InChI=1S/C31H31F2N7O3/c1-34-21-8-20(32)24(33)22-23-26(40-6-5-31(14-40)9-16(31)12-38(2)3)18(11-35-28(23)37-25(21)22)15-7-17-27(41)19(30(42)43)13-39(4)29(17)36-10-15/h7-8,10-11,13,16,34H,5-6,9,12,14H2,1-4H3,(H,35,37)(H,42,43). The average molecular weight is 588 g/mol. The number of carboxylic acid groups (broad SMARTS) is 1. The Morgan fingerprint density at radius 3 is 2.74 bits per heavy atom. The van der Waals surface area contributed by atoms with Crippen molar-refractivity contribution >= 4 is 50.3 Å². The summed E-state index contributed by atoms with van der Waals surface area (Å²) >= 11 is 0. The van der Waals surface area contributed by atoms with Gasteiger partial charge >= 0.3 is 5.97 Å². The van der Waals surface area contributed by atoms with E-state index >= 15 is 4.39 Å². The molecule has 2 unspecified atom stereocenters. The maximum Gasteiger partial charge on any atom is 0.341 e. The van der Waals surface area contributed by atoms with Crippen molar-refractivity contribution in [3.05, 3.63) is 58.1 Å². The SMILES string of the molecule is CNc1cc(F)c(F)c2c1[nH]c1ncc(-c3cnc4c(c3)c(=O)c(C(=O)O)cn4C)c(N3CCC4(CC4CN(C)C)C3)c12. The summed E-state index contributed by atoms with van der Waals surface area (Å²) in [5.41, 5.74) is 2.49. The number of fused-ring (bicyclic) bond motifs is 4. The first kappa shape index (κ1) is 27.3. The summed E-state index contributed by atoms with van der Waals surface area (Å²) in [6.45, 7) is 2.44. The molecule has 1 aliphatic carbocycles. The molecule has 5 heterocycles. The smallest absolute Gasteiger partial charge is 0.341 e. The van der Waals surface area contributed by atoms with Gasteiger partial charge in [-0.25, -0.2) is 23.5 Å². The van der Waals surface area contributed by atoms with Gasteiger partial charge < -0.3 is 29.8 Å². The lowest BCUT2D eigenvalue weighted by Gasteiger charge is -2.24. The number of carbonyl (C=O) groups is 1. The highest BCUT2D eigenvalue weighted by atomic mass is 19.2. The van der Waals surface area contributed by atoms with E-state index in [0.29, 0.717) is 57.2 Å². The van der Waals surface area contributed by atoms with E-state index in [9.17, 15) is 19.1 Å². The van der Waals surface area contributed by atoms with E-state index in [4.69, 9.17) is 0 Å². The predicted molar refractivity (Wildman–Crippen MR) is 162 cm³/mol. The molecular weight excluding hydrogens is 556 g/mol. The molecule has 3 N–H and O–H groups in total. The zero-order valence-electron chi connectivity index (χ0n) is 24.3. The molecule has 43 heavy (non-hydrogen) atoms. The highest BCUT2D eigenvalue weighted by Gasteiger charge is 2.57. The summed E-state index contributed by atoms with van der Waals surface area (Å²) in [6.07, 6.45) is 6.58. The van der Waals surface area contributed by atoms with Crippen molar-refractivity contribution in [2.24, 2.45) is 18.4 Å². The van der Waals surface area contributed by atoms with Crippen LogP contribution in [0.1, 0.15) is 23.2 Å². The fourth-order valence-electron chi connectivity index (χ4n) is 7.06. The first-order chi connectivity index (χ1) is 20.5. The molecule has 1 spiro atoms. The van der Waals surface area contributed by atoms with Crippen LogP contribution in [-0.4, -0.2) is 76.3 Å². The molecule has 2 aliphatic rings. The number of halogens is 2. The molecule has 0 bridgehead atoms. The summed E-state index contributed by atoms with van der Waals surface area (Å²) in [5, 5.41) is 13.3. The number of pyridine rings is 3. The van der Waals surface area contributed by atoms with Gasteiger partial charge in [-0.1, -0.05) is 0 Å². The van der Waals surface area contributed by atoms with Crippen LogP contribution < -0.4 is 15.6 Å². The molecule has 2 atom stereocenters. The van der Waals surface area contributed by atoms with Crippen molar-refractivity contribution < 1.29 is 18.7 Å². The summed E-state index contributed by atoms with van der Waals surface area (Å²) < 4.78 is 32.1. The molecule has 1 saturated carbocycles. The van der Waals surface area contributed by atoms with E-state index in [1.807, 2.05) is 0 Å². The number of nitrogens with zero attached hydrogens (tertiary/aromatic N) is 5. The van der Waals surface area contributed by atoms with E-state index in [0.717, 1.165) is 32.0 Å². The molecular formula is C31H31F2N7O3. The number of benzene rings is 1. The van der Waals surface area contributed by atoms with Crippen LogP contribution in [0.4, 0.5) is 20.2 Å². The molecule has 1 aliphatic heterocycles. The Hall–Kier alpha value is -4.58. The normalized spacial score (nSPS) is 19.9. The van der Waals surface area contributed by atoms with Gasteiger partial charge in [0.2, 0.25) is 5.43 Å². The number of aromatic nitrogens is 4. The minimum absolute atomic E-state index is 0.100. The average Bonchev–Trinajstić information content (AvgIpc) is 3.28. The lowest BCUT2D eigenvalue weighted by molar-refractivity contribution is 0.0695. The largest absolute Gasteiger partial charge is 0.477 e. The van der Waals surface area contributed by atoms with E-state index < -0.39 is 23.0 Å². The second-order valence-corrected chi connectivity index (χ2v) is 12.2. The number of anilines is 2. The minimum atomic E-state index is -1.33. The first-order valence-electron chi connectivity index (χ1n) is 14.2. The van der Waals surface area contributed by atoms with E-state index in [2.05, 4.69) is 44.2 Å². The van der Waals surface area contributed by atoms with Crippen LogP contribution in [0.25, 0.3) is 44.1 Å². The Bertz CT molecular complexity index is 2050. The molecule has 5 aromatic rings. The molecule has 7 rings (SSSR count). The van der Waals surface area contributed by atoms with Gasteiger partial charge in [-0.2, -0.15) is 0 Å². The Labute approximate surface area is 244 Å². The number of H-pyrrole nitrogens is 1. The van der Waals surface area contributed by atoms with Crippen LogP contribution in [0.5, 0.6) is 0 Å². The highest BCUT2D eigenvalue weighted by Crippen LogP contribution is 2.60. The molecule has 222 valence electrons. The Kier molecular flexibility index (Phi) is 6.00. The third kappa shape index (κ3) is 4.07. The topological polar surface area (TPSA) is 119 Å². The summed E-state index contributed by atoms with van der Waals surface area (Å²) in [4.78, 5) is 41.8. The van der Waals surface area contributed by atoms with Crippen LogP contribution in [-0.2, 0) is 7.05 Å². The second-order valence-electron chi connectivity index (χ2n) is 12.2. The van der Waals surface area contributed by atoms with Crippen LogP contribution in [0.2, 0.25) is 0 Å². The zero-order valence-corrected chi connectivity index (χ0v) is 24.3. The van der Waals surface area contributed by atoms with Crippen LogP contribution in [0.3, 0.4) is 0 Å². The van der Waals surface area contributed by atoms with Gasteiger partial charge in [-0.15, -0.1) is 0 Å². The number of aromatic carboxylic acids is 1. The lowest BCUT2D eigenvalue weighted by Crippen LogP contribution is -2.24. The number of aryl methyl sites for hydroxylation is 1. The van der Waals surface area contributed by atoms with Gasteiger partial charge in [0.15, 0.2) is 11.6 Å². The predicted octanol–water partition coefficient (Wildman–Crippen LogP) is 4.43. The summed E-state index contributed by atoms with van der Waals surface area (Å²) in [7, 11) is 7.41. The number of aromatic amines is 1. The molecule has 1 aromatic carbocycles. The Morgan fingerprint density at radius 1 is 1.23 bits per heavy atom. The number of hydrogen-bond acceptors (Lipinski definition) is 7. The van der Waals surface area contributed by atoms with E-state index in [1.165, 1.54) is 10.8 Å². The van der Waals surface area contributed by atoms with Gasteiger partial charge in [0.05, 0.1) is 33.1 Å². The maximum atomic E-state index is 15.7. The van der Waals surface area contributed by atoms with Gasteiger partial charge in [-0.3, -0.25) is 4.79 Å². The van der Waals surface area contributed by atoms with Crippen molar-refractivity contribution in [3.63, 3.8) is 0 Å². The molecule has 2 fully saturated rings. The van der Waals surface area contributed by atoms with Gasteiger partial charge in [0, 0.05) is 69.5 Å². The van der Waals surface area contributed by atoms with Crippen LogP contribution >= 0.6 is 0 Å². The van der Waals surface area contributed by atoms with Crippen molar-refractivity contribution in [1.82, 2.24) is 24.4 Å². The van der Waals surface area contributed by atoms with E-state index in [1.54, 1.807) is 32.6 Å². The maximum absolute atomic E-state index is 15.7. The van der Waals surface area contributed by atoms with Crippen LogP contribution in [0, 0.1) is 23.0 Å². The molecule has 12 heteroatoms. The Balaban J connectivity index is 1.50. The van der Waals surface area contributed by atoms with Gasteiger partial charge in [-0.05, 0) is 44.3 Å². The van der Waals surface area contributed by atoms with Crippen molar-refractivity contribution in [2.45, 2.75) is 12.8 Å². The Morgan fingerprint density at radius 2 is 2.02 bits per heavy atom. The van der Waals surface area contributed by atoms with E-state index in [-0.39, 0.29) is 21.8 Å². The highest BCUT2D eigenvalue weighted by molar-refractivity contribution is 6.18. The number of hydrogen-bond donors (Lipinski definition) is 3. The van der Waals surface area contributed by atoms with Gasteiger partial charge in [0.25, 0.3) is 0 Å². The van der Waals surface area contributed by atoms with Crippen molar-refractivity contribution in [1.29, 1.82) is 0 Å². The quantitative estimate of drug-likeness (QED) is 0.267. The van der Waals surface area contributed by atoms with Crippen LogP contribution in [0.15, 0.2) is 35.5 Å². The summed E-state index contributed by atoms with van der Waals surface area (Å²) in [6, 6.07) is 2.74. The van der Waals surface area contributed by atoms with Crippen molar-refractivity contribution in [2.75, 3.05) is 51.0 Å². The fraction of sp³-hybridized carbons (Fsp3) is 0.355. The first-order valence-corrected chi connectivity index (χ1v) is 14.2. The third-order valence-corrected chi connectivity index (χ3v) is 9.23. The third-order valence-electron chi connectivity index (χ3n) is 9.23. The summed E-state index contributed by atoms with van der Waals surface area (Å²) in [5.74, 6) is -2.73. The number of nitrogens with one attached hydrogen (secondary N) is 2. The minimum Gasteiger partial charge on any atom is -0.477 e. The molecule has 4 aromatic heterocycles. The molecule has 10 nitrogen and oxygen atoms in total. The molecule has 1 saturated heterocycles. The number of carboxylic acids is 1. The van der Waals surface area contributed by atoms with Gasteiger partial charge in [0.1, 0.15) is 16.9 Å². The molecule has 0 radical (unpaired) electrons. The monoisotopic (exact) mass is 587 g/mol. The second kappa shape index (κ2) is 9.46. The molecule has 0 amide bonds. The fourth-order valence-corrected chi connectivity index (χ4v) is 7.06. The van der Waals surface area contributed by atoms with Crippen molar-refractivity contribution in [3.8, 4) is 11.1 Å². The zero-order chi connectivity index (χ0) is 30.4. The number of rotatable bonds is 6.